The van der Waals surface area contributed by atoms with E-state index in [1.165, 1.54) is 42.6 Å². The number of Topliss-reactive ketones (excluding diaryl/α,β-unsaturated/α-hetero) is 2. The molecule has 9 aromatic rings. The first-order valence-corrected chi connectivity index (χ1v) is 36.4. The average molecular weight is 1460 g/mol. The Morgan fingerprint density at radius 3 is 1.62 bits per heavy atom. The van der Waals surface area contributed by atoms with Crippen LogP contribution in [0.15, 0.2) is 199 Å². The standard InChI is InChI=1S/C31H33F2N3O3.C30H32N2O3.C27H30N2O5/c1-18-8-11-28(38)36(17-18)30(22-9-10-25(32)26(33)14-22)31(39)35-27(12-21(4)37)23-13-24(16-34-15-23)29-19(2)6-5-7-20(29)3;1-21-11-6-7-16-26(21)24-14-10-15-25(20-24)27(19-22(2)33)31-30(35)29(23-12-4-3-5-13-23)32-18-9-8-17-28(32)34;1-17-11-12-29(24(30)13-17)23(16-34-4)27(33)28-22(15-25(31)32)20-9-6-10-21(14-20)26-18(2)7-5-8-19(26)3/h5-7,9-10,13-16,18,27,30H,8,11-12,17H2,1-4H3,(H,35,39);3-7,10-16,20,27,29H,8-9,17-19H2,1-2H3,(H,31,35);5-14,22-23H,15-16H2,1-4H3,(H,28,33)(H,31,32)/t18?,27-,30-;27-,29?;22-,23+/m000/s1. The Labute approximate surface area is 630 Å². The molecular weight excluding hydrogens is 1370 g/mol. The van der Waals surface area contributed by atoms with Crippen molar-refractivity contribution in [3.63, 3.8) is 0 Å². The van der Waals surface area contributed by atoms with Gasteiger partial charge in [0.05, 0.1) is 31.2 Å². The fourth-order valence-electron chi connectivity index (χ4n) is 14.3. The smallest absolute Gasteiger partial charge is 0.305 e. The Balaban J connectivity index is 0.000000187. The predicted octanol–water partition coefficient (Wildman–Crippen LogP) is 15.3. The lowest BCUT2D eigenvalue weighted by Gasteiger charge is -2.37. The largest absolute Gasteiger partial charge is 0.481 e. The van der Waals surface area contributed by atoms with Gasteiger partial charge in [0, 0.05) is 76.1 Å². The van der Waals surface area contributed by atoms with Crippen molar-refractivity contribution in [3.05, 3.63) is 278 Å². The summed E-state index contributed by atoms with van der Waals surface area (Å²) >= 11 is 0. The molecule has 2 fully saturated rings. The second-order valence-corrected chi connectivity index (χ2v) is 28.2. The van der Waals surface area contributed by atoms with E-state index in [0.717, 1.165) is 103 Å². The molecule has 18 nitrogen and oxygen atoms in total. The number of carboxylic acid groups (broad SMARTS) is 1. The average Bonchev–Trinajstić information content (AvgIpc) is 0.803. The summed E-state index contributed by atoms with van der Waals surface area (Å²) in [5.74, 6) is -4.79. The number of aromatic nitrogens is 2. The van der Waals surface area contributed by atoms with Crippen molar-refractivity contribution in [2.24, 2.45) is 5.92 Å². The summed E-state index contributed by atoms with van der Waals surface area (Å²) in [7, 11) is 1.45. The van der Waals surface area contributed by atoms with E-state index in [-0.39, 0.29) is 78.6 Å². The molecule has 0 spiro atoms. The Hall–Kier alpha value is -11.4. The highest BCUT2D eigenvalue weighted by atomic mass is 19.2. The lowest BCUT2D eigenvalue weighted by atomic mass is 9.92. The zero-order chi connectivity index (χ0) is 77.9. The van der Waals surface area contributed by atoms with Gasteiger partial charge in [0.15, 0.2) is 11.6 Å². The number of aliphatic carboxylic acids is 1. The monoisotopic (exact) mass is 1460 g/mol. The van der Waals surface area contributed by atoms with Gasteiger partial charge < -0.3 is 40.2 Å². The lowest BCUT2D eigenvalue weighted by molar-refractivity contribution is -0.144. The number of ketones is 2. The third kappa shape index (κ3) is 21.0. The van der Waals surface area contributed by atoms with Crippen LogP contribution in [0.5, 0.6) is 0 Å². The molecule has 0 bridgehead atoms. The number of methoxy groups -OCH3 is 1. The van der Waals surface area contributed by atoms with E-state index in [1.54, 1.807) is 42.5 Å². The Kier molecular flexibility index (Phi) is 28.2. The maximum absolute atomic E-state index is 14.3. The van der Waals surface area contributed by atoms with Gasteiger partial charge >= 0.3 is 5.97 Å². The van der Waals surface area contributed by atoms with Crippen molar-refractivity contribution in [3.8, 4) is 33.4 Å². The second kappa shape index (κ2) is 37.7. The summed E-state index contributed by atoms with van der Waals surface area (Å²) in [6.07, 6.45) is 7.88. The van der Waals surface area contributed by atoms with E-state index in [2.05, 4.69) is 40.0 Å². The number of halogens is 2. The van der Waals surface area contributed by atoms with Crippen molar-refractivity contribution in [2.75, 3.05) is 26.8 Å². The number of hydrogen-bond donors (Lipinski definition) is 4. The van der Waals surface area contributed by atoms with Crippen LogP contribution in [0.4, 0.5) is 8.78 Å². The molecule has 4 heterocycles. The van der Waals surface area contributed by atoms with Gasteiger partial charge in [-0.3, -0.25) is 48.1 Å². The molecule has 2 unspecified atom stereocenters. The molecular formula is C88H95F2N7O11. The van der Waals surface area contributed by atoms with Crippen molar-refractivity contribution in [1.29, 1.82) is 0 Å². The van der Waals surface area contributed by atoms with Gasteiger partial charge in [0.1, 0.15) is 29.7 Å². The number of hydrogen-bond acceptors (Lipinski definition) is 11. The number of aryl methyl sites for hydroxylation is 6. The van der Waals surface area contributed by atoms with E-state index < -0.39 is 65.7 Å². The number of piperidine rings is 2. The third-order valence-electron chi connectivity index (χ3n) is 19.6. The number of pyridine rings is 2. The van der Waals surface area contributed by atoms with Crippen molar-refractivity contribution < 1.29 is 57.0 Å². The number of likely N-dealkylation sites (tertiary alicyclic amines) is 2. The molecule has 11 rings (SSSR count). The minimum atomic E-state index is -1.18. The number of nitrogens with one attached hydrogen (secondary N) is 3. The fraction of sp³-hybridized carbons (Fsp3) is 0.318. The van der Waals surface area contributed by atoms with Crippen LogP contribution in [0.1, 0.15) is 170 Å². The predicted molar refractivity (Wildman–Crippen MR) is 413 cm³/mol. The number of benzene rings is 7. The second-order valence-electron chi connectivity index (χ2n) is 28.2. The van der Waals surface area contributed by atoms with Crippen molar-refractivity contribution in [1.82, 2.24) is 35.3 Å². The highest BCUT2D eigenvalue weighted by Gasteiger charge is 2.38. The lowest BCUT2D eigenvalue weighted by Crippen LogP contribution is -2.48. The molecule has 20 heteroatoms. The molecule has 2 saturated heterocycles. The van der Waals surface area contributed by atoms with Gasteiger partial charge in [-0.05, 0) is 206 Å². The highest BCUT2D eigenvalue weighted by molar-refractivity contribution is 5.91. The maximum atomic E-state index is 14.3. The first kappa shape index (κ1) is 80.7. The first-order valence-electron chi connectivity index (χ1n) is 36.4. The molecule has 4 N–H and O–H groups in total. The molecule has 5 amide bonds. The zero-order valence-corrected chi connectivity index (χ0v) is 62.9. The van der Waals surface area contributed by atoms with Gasteiger partial charge in [-0.1, -0.05) is 140 Å². The zero-order valence-electron chi connectivity index (χ0n) is 62.9. The van der Waals surface area contributed by atoms with Gasteiger partial charge in [-0.25, -0.2) is 8.78 Å². The number of rotatable bonds is 25. The van der Waals surface area contributed by atoms with E-state index in [1.807, 2.05) is 162 Å². The van der Waals surface area contributed by atoms with Crippen LogP contribution in [0.2, 0.25) is 0 Å². The summed E-state index contributed by atoms with van der Waals surface area (Å²) < 4.78 is 34.5. The molecule has 0 saturated carbocycles. The third-order valence-corrected chi connectivity index (χ3v) is 19.6. The highest BCUT2D eigenvalue weighted by Crippen LogP contribution is 2.36. The molecule has 7 atom stereocenters. The van der Waals surface area contributed by atoms with Gasteiger partial charge in [-0.2, -0.15) is 0 Å². The van der Waals surface area contributed by atoms with Crippen molar-refractivity contribution >= 4 is 47.1 Å². The van der Waals surface area contributed by atoms with Crippen LogP contribution in [-0.4, -0.2) is 98.3 Å². The van der Waals surface area contributed by atoms with Gasteiger partial charge in [-0.15, -0.1) is 0 Å². The number of carboxylic acids is 1. The van der Waals surface area contributed by atoms with Crippen LogP contribution in [0, 0.1) is 59.1 Å². The number of carbonyl (C=O) groups is 8. The molecule has 0 aliphatic carbocycles. The van der Waals surface area contributed by atoms with E-state index in [0.29, 0.717) is 37.1 Å². The molecule has 0 radical (unpaired) electrons. The summed E-state index contributed by atoms with van der Waals surface area (Å²) in [6.45, 7) is 17.7. The number of ether oxygens (including phenoxy) is 1. The van der Waals surface area contributed by atoms with Crippen LogP contribution < -0.4 is 21.5 Å². The SMILES string of the molecule is CC(=O)C[C@H](NC(=O)C(c1ccccc1)N1CCCCC1=O)c1cccc(-c2ccccc2C)c1.CC(=O)C[C@H](NC(=O)[C@H](c1ccc(F)c(F)c1)N1CC(C)CCC1=O)c1cncc(-c2c(C)cccc2C)c1.COC[C@H](C(=O)N[C@@H](CC(=O)O)c1cccc(-c2c(C)cccc2C)c1)n1ccc(C)cc1=O. The molecule has 108 heavy (non-hydrogen) atoms. The summed E-state index contributed by atoms with van der Waals surface area (Å²) in [5, 5.41) is 18.4. The maximum Gasteiger partial charge on any atom is 0.305 e. The Morgan fingerprint density at radius 1 is 0.519 bits per heavy atom. The van der Waals surface area contributed by atoms with Crippen LogP contribution in [-0.2, 0) is 43.1 Å². The van der Waals surface area contributed by atoms with E-state index in [9.17, 15) is 57.0 Å². The van der Waals surface area contributed by atoms with Gasteiger partial charge in [0.25, 0.3) is 5.56 Å². The van der Waals surface area contributed by atoms with E-state index in [4.69, 9.17) is 4.74 Å². The molecule has 2 aliphatic rings. The molecule has 7 aromatic carbocycles. The normalized spacial score (nSPS) is 15.1. The molecule has 562 valence electrons. The number of nitrogens with zero attached hydrogens (tertiary/aromatic N) is 4. The Morgan fingerprint density at radius 2 is 1.04 bits per heavy atom. The van der Waals surface area contributed by atoms with Gasteiger partial charge in [0.2, 0.25) is 29.5 Å². The summed E-state index contributed by atoms with van der Waals surface area (Å²) in [5.41, 5.74) is 15.1. The molecule has 2 aliphatic heterocycles. The fourth-order valence-corrected chi connectivity index (χ4v) is 14.3. The van der Waals surface area contributed by atoms with E-state index >= 15 is 0 Å². The summed E-state index contributed by atoms with van der Waals surface area (Å²) in [6, 6.07) is 48.6. The summed E-state index contributed by atoms with van der Waals surface area (Å²) in [4.78, 5) is 123. The number of amides is 5. The minimum Gasteiger partial charge on any atom is -0.481 e. The topological polar surface area (TPSA) is 243 Å². The molecule has 2 aromatic heterocycles. The minimum absolute atomic E-state index is 0.00151. The quantitative estimate of drug-likeness (QED) is 0.0418. The Bertz CT molecular complexity index is 4770. The van der Waals surface area contributed by atoms with Crippen LogP contribution in [0.25, 0.3) is 33.4 Å². The first-order chi connectivity index (χ1) is 51.7. The number of carbonyl (C=O) groups excluding carboxylic acids is 7. The van der Waals surface area contributed by atoms with Crippen LogP contribution in [0.3, 0.4) is 0 Å². The van der Waals surface area contributed by atoms with Crippen molar-refractivity contribution in [2.45, 2.75) is 150 Å². The van der Waals surface area contributed by atoms with Crippen LogP contribution >= 0.6 is 0 Å².